The summed E-state index contributed by atoms with van der Waals surface area (Å²) in [6, 6.07) is 48.8. The van der Waals surface area contributed by atoms with E-state index in [-0.39, 0.29) is 50.4 Å². The molecule has 0 saturated heterocycles. The molecular weight excluding hydrogens is 965 g/mol. The normalized spacial score (nSPS) is 11.3. The van der Waals surface area contributed by atoms with Gasteiger partial charge in [-0.05, 0) is 146 Å². The first-order valence-electron chi connectivity index (χ1n) is 24.8. The fraction of sp³-hybridized carbons (Fsp3) is 0.258. The van der Waals surface area contributed by atoms with Gasteiger partial charge in [0.1, 0.15) is 49.4 Å². The standard InChI is InChI=1S/C62H60N2O12/c1-43(2)61(67)73-41-57(75-59(65)9-5-7-35-69-53-27-19-49(20-28-53)47-15-11-45(37-63)12-16-47)39-71-55-31-23-51(24-32-55)52-25-33-56(34-26-52)72-40-58(42-74-62(68)44(3)4)76-60(66)10-6-8-36-70-54-29-21-50(22-30-54)48-17-13-46(38-64)14-18-48/h11-34,57-58H,1,3,5-10,35-36,39-42H2,2,4H3. The number of unbranched alkanes of at least 4 members (excludes halogenated alkanes) is 2. The minimum atomic E-state index is -0.875. The van der Waals surface area contributed by atoms with Crippen LogP contribution in [0.1, 0.15) is 63.5 Å². The first kappa shape index (κ1) is 56.2. The van der Waals surface area contributed by atoms with Crippen LogP contribution >= 0.6 is 0 Å². The molecule has 0 aromatic heterocycles. The Hall–Kier alpha value is -9.14. The Kier molecular flexibility index (Phi) is 21.8. The van der Waals surface area contributed by atoms with Gasteiger partial charge in [0.15, 0.2) is 12.2 Å². The van der Waals surface area contributed by atoms with E-state index in [0.29, 0.717) is 73.0 Å². The van der Waals surface area contributed by atoms with Crippen LogP contribution in [0.25, 0.3) is 33.4 Å². The van der Waals surface area contributed by atoms with E-state index in [9.17, 15) is 19.2 Å². The van der Waals surface area contributed by atoms with E-state index >= 15 is 0 Å². The molecule has 0 aliphatic heterocycles. The smallest absolute Gasteiger partial charge is 0.333 e. The Balaban J connectivity index is 0.916. The molecule has 0 aliphatic carbocycles. The van der Waals surface area contributed by atoms with Gasteiger partial charge in [-0.3, -0.25) is 9.59 Å². The summed E-state index contributed by atoms with van der Waals surface area (Å²) in [5.74, 6) is 0.257. The predicted octanol–water partition coefficient (Wildman–Crippen LogP) is 11.7. The molecule has 0 saturated carbocycles. The second-order valence-electron chi connectivity index (χ2n) is 17.7. The maximum Gasteiger partial charge on any atom is 0.333 e. The maximum absolute atomic E-state index is 12.9. The van der Waals surface area contributed by atoms with E-state index in [4.69, 9.17) is 48.4 Å². The quantitative estimate of drug-likeness (QED) is 0.0187. The number of rotatable bonds is 29. The number of nitrogens with zero attached hydrogens (tertiary/aromatic N) is 2. The summed E-state index contributed by atoms with van der Waals surface area (Å²) in [5, 5.41) is 18.1. The van der Waals surface area contributed by atoms with Gasteiger partial charge in [0.25, 0.3) is 0 Å². The zero-order valence-corrected chi connectivity index (χ0v) is 42.7. The third kappa shape index (κ3) is 18.7. The van der Waals surface area contributed by atoms with Gasteiger partial charge in [0, 0.05) is 24.0 Å². The van der Waals surface area contributed by atoms with Crippen molar-refractivity contribution in [3.05, 3.63) is 181 Å². The highest BCUT2D eigenvalue weighted by Crippen LogP contribution is 2.27. The topological polar surface area (TPSA) is 190 Å². The molecule has 0 fully saturated rings. The average Bonchev–Trinajstić information content (AvgIpc) is 3.44. The molecule has 0 amide bonds. The first-order chi connectivity index (χ1) is 36.8. The third-order valence-corrected chi connectivity index (χ3v) is 11.5. The fourth-order valence-corrected chi connectivity index (χ4v) is 7.26. The Morgan fingerprint density at radius 1 is 0.408 bits per heavy atom. The summed E-state index contributed by atoms with van der Waals surface area (Å²) >= 11 is 0. The van der Waals surface area contributed by atoms with Crippen molar-refractivity contribution < 1.29 is 57.1 Å². The molecule has 14 heteroatoms. The minimum Gasteiger partial charge on any atom is -0.494 e. The predicted molar refractivity (Wildman–Crippen MR) is 286 cm³/mol. The van der Waals surface area contributed by atoms with Gasteiger partial charge in [0.2, 0.25) is 0 Å². The highest BCUT2D eigenvalue weighted by atomic mass is 16.6. The van der Waals surface area contributed by atoms with E-state index in [1.54, 1.807) is 48.5 Å². The summed E-state index contributed by atoms with van der Waals surface area (Å²) in [6.45, 7) is 10.5. The maximum atomic E-state index is 12.9. The van der Waals surface area contributed by atoms with Gasteiger partial charge in [-0.15, -0.1) is 0 Å². The lowest BCUT2D eigenvalue weighted by Crippen LogP contribution is -2.31. The molecule has 0 bridgehead atoms. The Morgan fingerprint density at radius 3 is 0.961 bits per heavy atom. The van der Waals surface area contributed by atoms with Crippen LogP contribution in [-0.4, -0.2) is 75.7 Å². The van der Waals surface area contributed by atoms with Gasteiger partial charge >= 0.3 is 23.9 Å². The molecule has 0 aliphatic rings. The number of carbonyl (C=O) groups excluding carboxylic acids is 4. The van der Waals surface area contributed by atoms with Crippen molar-refractivity contribution in [1.82, 2.24) is 0 Å². The van der Waals surface area contributed by atoms with E-state index in [0.717, 1.165) is 33.4 Å². The SMILES string of the molecule is C=C(C)C(=O)OCC(COc1ccc(-c2ccc(OCC(COC(=O)C(=C)C)OC(=O)CCCCOc3ccc(-c4ccc(C#N)cc4)cc3)cc2)cc1)OC(=O)CCCCOc1ccc(-c2ccc(C#N)cc2)cc1. The van der Waals surface area contributed by atoms with Crippen molar-refractivity contribution >= 4 is 23.9 Å². The molecule has 6 aromatic carbocycles. The summed E-state index contributed by atoms with van der Waals surface area (Å²) in [6.07, 6.45) is 0.743. The van der Waals surface area contributed by atoms with Gasteiger partial charge < -0.3 is 37.9 Å². The number of nitriles is 2. The summed E-state index contributed by atoms with van der Waals surface area (Å²) in [4.78, 5) is 50.2. The summed E-state index contributed by atoms with van der Waals surface area (Å²) < 4.78 is 45.7. The van der Waals surface area contributed by atoms with Crippen LogP contribution in [0, 0.1) is 22.7 Å². The second kappa shape index (κ2) is 29.5. The summed E-state index contributed by atoms with van der Waals surface area (Å²) in [7, 11) is 0. The zero-order valence-electron chi connectivity index (χ0n) is 42.7. The number of carbonyl (C=O) groups is 4. The van der Waals surface area contributed by atoms with E-state index in [1.165, 1.54) is 13.8 Å². The van der Waals surface area contributed by atoms with Crippen LogP contribution < -0.4 is 18.9 Å². The lowest BCUT2D eigenvalue weighted by molar-refractivity contribution is -0.159. The number of esters is 4. The molecule has 0 spiro atoms. The Labute approximate surface area is 443 Å². The van der Waals surface area contributed by atoms with Gasteiger partial charge in [-0.1, -0.05) is 86.0 Å². The third-order valence-electron chi connectivity index (χ3n) is 11.5. The van der Waals surface area contributed by atoms with Gasteiger partial charge in [0.05, 0.1) is 36.5 Å². The van der Waals surface area contributed by atoms with Gasteiger partial charge in [-0.2, -0.15) is 10.5 Å². The Morgan fingerprint density at radius 2 is 0.684 bits per heavy atom. The van der Waals surface area contributed by atoms with Crippen molar-refractivity contribution in [3.8, 4) is 68.5 Å². The molecule has 76 heavy (non-hydrogen) atoms. The molecule has 6 aromatic rings. The number of ether oxygens (including phenoxy) is 8. The van der Waals surface area contributed by atoms with Crippen molar-refractivity contribution in [2.75, 3.05) is 39.6 Å². The molecule has 0 radical (unpaired) electrons. The molecular formula is C62H60N2O12. The van der Waals surface area contributed by atoms with Gasteiger partial charge in [-0.25, -0.2) is 9.59 Å². The van der Waals surface area contributed by atoms with Crippen molar-refractivity contribution in [3.63, 3.8) is 0 Å². The fourth-order valence-electron chi connectivity index (χ4n) is 7.26. The first-order valence-corrected chi connectivity index (χ1v) is 24.8. The monoisotopic (exact) mass is 1020 g/mol. The van der Waals surface area contributed by atoms with Crippen LogP contribution in [-0.2, 0) is 38.1 Å². The lowest BCUT2D eigenvalue weighted by Gasteiger charge is -2.19. The molecule has 2 atom stereocenters. The van der Waals surface area contributed by atoms with E-state index in [1.807, 2.05) is 97.1 Å². The lowest BCUT2D eigenvalue weighted by atomic mass is 10.0. The Bertz CT molecular complexity index is 2750. The molecule has 2 unspecified atom stereocenters. The second-order valence-corrected chi connectivity index (χ2v) is 17.7. The molecule has 390 valence electrons. The molecule has 0 N–H and O–H groups in total. The van der Waals surface area contributed by atoms with Crippen LogP contribution in [0.4, 0.5) is 0 Å². The minimum absolute atomic E-state index is 0.0699. The largest absolute Gasteiger partial charge is 0.494 e. The van der Waals surface area contributed by atoms with Crippen LogP contribution in [0.2, 0.25) is 0 Å². The number of hydrogen-bond acceptors (Lipinski definition) is 14. The van der Waals surface area contributed by atoms with Crippen LogP contribution in [0.5, 0.6) is 23.0 Å². The van der Waals surface area contributed by atoms with Crippen molar-refractivity contribution in [2.45, 2.75) is 64.6 Å². The molecule has 14 nitrogen and oxygen atoms in total. The van der Waals surface area contributed by atoms with E-state index in [2.05, 4.69) is 25.3 Å². The van der Waals surface area contributed by atoms with Crippen molar-refractivity contribution in [2.24, 2.45) is 0 Å². The number of benzene rings is 6. The van der Waals surface area contributed by atoms with E-state index < -0.39 is 36.1 Å². The average molecular weight is 1030 g/mol. The number of hydrogen-bond donors (Lipinski definition) is 0. The highest BCUT2D eigenvalue weighted by molar-refractivity contribution is 5.87. The van der Waals surface area contributed by atoms with Crippen LogP contribution in [0.15, 0.2) is 170 Å². The van der Waals surface area contributed by atoms with Crippen molar-refractivity contribution in [1.29, 1.82) is 10.5 Å². The summed E-state index contributed by atoms with van der Waals surface area (Å²) in [5.41, 5.74) is 7.37. The molecule has 6 rings (SSSR count). The highest BCUT2D eigenvalue weighted by Gasteiger charge is 2.21. The zero-order chi connectivity index (χ0) is 54.1. The van der Waals surface area contributed by atoms with Crippen LogP contribution in [0.3, 0.4) is 0 Å². The molecule has 0 heterocycles.